The van der Waals surface area contributed by atoms with Crippen molar-refractivity contribution in [3.8, 4) is 0 Å². The van der Waals surface area contributed by atoms with Crippen LogP contribution in [-0.2, 0) is 50.8 Å². The van der Waals surface area contributed by atoms with Crippen molar-refractivity contribution in [3.63, 3.8) is 0 Å². The molecule has 8 atom stereocenters. The summed E-state index contributed by atoms with van der Waals surface area (Å²) in [5.74, 6) is 0. The van der Waals surface area contributed by atoms with Gasteiger partial charge in [0.05, 0.1) is 32.7 Å². The number of benzene rings is 2. The molecule has 10 nitrogen and oxygen atoms in total. The molecule has 0 spiro atoms. The Labute approximate surface area is 279 Å². The molecule has 0 saturated carbocycles. The molecule has 3 heterocycles. The summed E-state index contributed by atoms with van der Waals surface area (Å²) in [5.41, 5.74) is 3.05. The van der Waals surface area contributed by atoms with Crippen molar-refractivity contribution in [3.05, 3.63) is 84.1 Å². The minimum absolute atomic E-state index is 0.170. The van der Waals surface area contributed by atoms with Gasteiger partial charge in [0.2, 0.25) is 0 Å². The van der Waals surface area contributed by atoms with Crippen LogP contribution in [0.1, 0.15) is 52.7 Å². The normalized spacial score (nSPS) is 29.1. The highest BCUT2D eigenvalue weighted by Crippen LogP contribution is 2.43. The molecule has 5 rings (SSSR count). The van der Waals surface area contributed by atoms with Gasteiger partial charge in [0.15, 0.2) is 32.9 Å². The molecule has 3 aliphatic rings. The lowest BCUT2D eigenvalue weighted by Crippen LogP contribution is -2.61. The zero-order valence-corrected chi connectivity index (χ0v) is 29.2. The largest absolute Gasteiger partial charge is 0.509 e. The molecule has 0 bridgehead atoms. The van der Waals surface area contributed by atoms with E-state index in [1.54, 1.807) is 12.3 Å². The molecular formula is C36H50O10Si. The second kappa shape index (κ2) is 16.1. The third kappa shape index (κ3) is 8.27. The highest BCUT2D eigenvalue weighted by Gasteiger charge is 2.56. The Morgan fingerprint density at radius 2 is 1.38 bits per heavy atom. The van der Waals surface area contributed by atoms with Crippen LogP contribution in [-0.4, -0.2) is 81.8 Å². The number of rotatable bonds is 15. The molecule has 3 unspecified atom stereocenters. The molecule has 2 aromatic rings. The zero-order valence-electron chi connectivity index (χ0n) is 28.2. The van der Waals surface area contributed by atoms with Crippen LogP contribution < -0.4 is 0 Å². The Balaban J connectivity index is 1.35. The lowest BCUT2D eigenvalue weighted by molar-refractivity contribution is -0.312. The maximum absolute atomic E-state index is 12.3. The monoisotopic (exact) mass is 670 g/mol. The molecule has 1 N–H and O–H groups in total. The summed E-state index contributed by atoms with van der Waals surface area (Å²) in [5, 5.41) is 11.4. The molecule has 11 heteroatoms. The predicted molar refractivity (Wildman–Crippen MR) is 177 cm³/mol. The van der Waals surface area contributed by atoms with E-state index in [2.05, 4.69) is 41.5 Å². The molecule has 0 amide bonds. The molecule has 0 aliphatic carbocycles. The van der Waals surface area contributed by atoms with Crippen molar-refractivity contribution in [2.75, 3.05) is 13.2 Å². The minimum atomic E-state index is -2.29. The van der Waals surface area contributed by atoms with Crippen LogP contribution in [0.3, 0.4) is 0 Å². The first-order chi connectivity index (χ1) is 22.6. The molecular weight excluding hydrogens is 620 g/mol. The van der Waals surface area contributed by atoms with Gasteiger partial charge in [0.25, 0.3) is 0 Å². The van der Waals surface area contributed by atoms with Gasteiger partial charge in [0.1, 0.15) is 24.4 Å². The van der Waals surface area contributed by atoms with Crippen molar-refractivity contribution >= 4 is 14.5 Å². The number of hydrogen-bond donors (Lipinski definition) is 1. The molecule has 2 fully saturated rings. The van der Waals surface area contributed by atoms with Crippen LogP contribution in [0.4, 0.5) is 4.79 Å². The average Bonchev–Trinajstić information content (AvgIpc) is 3.45. The van der Waals surface area contributed by atoms with Gasteiger partial charge in [-0.15, -0.1) is 0 Å². The summed E-state index contributed by atoms with van der Waals surface area (Å²) in [7, 11) is -2.29. The predicted octanol–water partition coefficient (Wildman–Crippen LogP) is 6.27. The van der Waals surface area contributed by atoms with E-state index in [1.807, 2.05) is 60.7 Å². The third-order valence-electron chi connectivity index (χ3n) is 9.47. The highest BCUT2D eigenvalue weighted by atomic mass is 28.4. The first-order valence-corrected chi connectivity index (χ1v) is 18.8. The molecule has 0 aromatic heterocycles. The molecule has 47 heavy (non-hydrogen) atoms. The smallest absolute Gasteiger partial charge is 0.493 e. The van der Waals surface area contributed by atoms with E-state index in [-0.39, 0.29) is 13.2 Å². The average molecular weight is 671 g/mol. The Morgan fingerprint density at radius 1 is 0.787 bits per heavy atom. The fraction of sp³-hybridized carbons (Fsp3) is 0.583. The molecule has 2 saturated heterocycles. The Bertz CT molecular complexity index is 1270. The number of carbonyl (C=O) groups is 1. The number of aliphatic hydroxyl groups excluding tert-OH is 1. The van der Waals surface area contributed by atoms with Crippen molar-refractivity contribution in [2.45, 2.75) is 120 Å². The Morgan fingerprint density at radius 3 is 2.00 bits per heavy atom. The van der Waals surface area contributed by atoms with Crippen LogP contribution in [0.2, 0.25) is 16.6 Å². The summed E-state index contributed by atoms with van der Waals surface area (Å²) in [6.45, 7) is 14.3. The lowest BCUT2D eigenvalue weighted by atomic mass is 9.99. The number of hydrogen-bond acceptors (Lipinski definition) is 10. The number of fused-ring (bicyclic) bond motifs is 1. The van der Waals surface area contributed by atoms with Gasteiger partial charge in [-0.25, -0.2) is 4.79 Å². The Hall–Kier alpha value is -2.77. The van der Waals surface area contributed by atoms with Gasteiger partial charge in [-0.3, -0.25) is 0 Å². The summed E-state index contributed by atoms with van der Waals surface area (Å²) in [4.78, 5) is 12.3. The maximum atomic E-state index is 12.3. The fourth-order valence-corrected chi connectivity index (χ4v) is 12.7. The van der Waals surface area contributed by atoms with Crippen molar-refractivity contribution in [2.24, 2.45) is 0 Å². The first-order valence-electron chi connectivity index (χ1n) is 16.7. The van der Waals surface area contributed by atoms with Crippen LogP contribution >= 0.6 is 0 Å². The number of carbonyl (C=O) groups excluding carboxylic acids is 1. The summed E-state index contributed by atoms with van der Waals surface area (Å²) in [6.07, 6.45) is -4.40. The van der Waals surface area contributed by atoms with Gasteiger partial charge in [-0.05, 0) is 33.8 Å². The van der Waals surface area contributed by atoms with E-state index < -0.39 is 63.5 Å². The topological polar surface area (TPSA) is 111 Å². The minimum Gasteiger partial charge on any atom is -0.493 e. The summed E-state index contributed by atoms with van der Waals surface area (Å²) in [6, 6.07) is 19.7. The standard InChI is InChI=1S/C36H50O10Si/c1-23(2)47(24(3)4,25(5)6)42-22-30-33-34(46-36(38)45-33)31(37)35(43-30)44-32-28(41-20-27-15-11-8-12-16-27)17-18-40-29(32)21-39-19-26-13-9-7-10-14-26/h7-18,23-25,28-35,37H,19-22H2,1-6H3/t28-,29?,30?,31?,32-,33+,34-,35+/m1/s1. The van der Waals surface area contributed by atoms with Crippen LogP contribution in [0.25, 0.3) is 0 Å². The quantitative estimate of drug-likeness (QED) is 0.172. The highest BCUT2D eigenvalue weighted by molar-refractivity contribution is 6.77. The second-order valence-electron chi connectivity index (χ2n) is 13.4. The van der Waals surface area contributed by atoms with Crippen molar-refractivity contribution < 1.29 is 47.5 Å². The Kier molecular flexibility index (Phi) is 12.2. The van der Waals surface area contributed by atoms with E-state index in [1.165, 1.54) is 0 Å². The van der Waals surface area contributed by atoms with Gasteiger partial charge in [0, 0.05) is 0 Å². The van der Waals surface area contributed by atoms with Gasteiger partial charge >= 0.3 is 6.16 Å². The van der Waals surface area contributed by atoms with E-state index in [0.29, 0.717) is 29.8 Å². The van der Waals surface area contributed by atoms with E-state index in [0.717, 1.165) is 11.1 Å². The third-order valence-corrected chi connectivity index (χ3v) is 15.5. The van der Waals surface area contributed by atoms with Gasteiger partial charge in [-0.2, -0.15) is 0 Å². The molecule has 0 radical (unpaired) electrons. The van der Waals surface area contributed by atoms with Crippen molar-refractivity contribution in [1.29, 1.82) is 0 Å². The van der Waals surface area contributed by atoms with Gasteiger partial charge in [-0.1, -0.05) is 102 Å². The summed E-state index contributed by atoms with van der Waals surface area (Å²) >= 11 is 0. The molecule has 2 aromatic carbocycles. The first kappa shape index (κ1) is 35.5. The number of ether oxygens (including phenoxy) is 7. The fourth-order valence-electron chi connectivity index (χ4n) is 7.25. The van der Waals surface area contributed by atoms with Crippen LogP contribution in [0.5, 0.6) is 0 Å². The van der Waals surface area contributed by atoms with Crippen LogP contribution in [0, 0.1) is 0 Å². The SMILES string of the molecule is CC(C)[Si](OCC1O[C@@H](O[C@H]2C(COCc3ccccc3)OC=C[C@H]2OCc2ccccc2)C(O)[C@H]2OC(=O)O[C@@H]12)(C(C)C)C(C)C. The summed E-state index contributed by atoms with van der Waals surface area (Å²) < 4.78 is 49.2. The van der Waals surface area contributed by atoms with Crippen LogP contribution in [0.15, 0.2) is 73.0 Å². The number of aliphatic hydroxyl groups is 1. The van der Waals surface area contributed by atoms with E-state index in [4.69, 9.17) is 37.6 Å². The van der Waals surface area contributed by atoms with E-state index in [9.17, 15) is 9.90 Å². The lowest BCUT2D eigenvalue weighted by Gasteiger charge is -2.45. The van der Waals surface area contributed by atoms with E-state index >= 15 is 0 Å². The molecule has 258 valence electrons. The molecule has 3 aliphatic heterocycles. The van der Waals surface area contributed by atoms with Gasteiger partial charge < -0.3 is 42.7 Å². The maximum Gasteiger partial charge on any atom is 0.509 e. The second-order valence-corrected chi connectivity index (χ2v) is 18.9. The van der Waals surface area contributed by atoms with Crippen molar-refractivity contribution in [1.82, 2.24) is 0 Å². The zero-order chi connectivity index (χ0) is 33.6.